The van der Waals surface area contributed by atoms with Gasteiger partial charge < -0.3 is 9.64 Å². The van der Waals surface area contributed by atoms with Crippen LogP contribution in [0.25, 0.3) is 6.08 Å². The van der Waals surface area contributed by atoms with Crippen LogP contribution >= 0.6 is 0 Å². The first kappa shape index (κ1) is 17.2. The molecule has 0 bridgehead atoms. The Labute approximate surface area is 126 Å². The first-order chi connectivity index (χ1) is 9.69. The molecule has 116 valence electrons. The molecule has 3 nitrogen and oxygen atoms in total. The summed E-state index contributed by atoms with van der Waals surface area (Å²) in [6, 6.07) is 6.40. The minimum atomic E-state index is -0.498. The van der Waals surface area contributed by atoms with Gasteiger partial charge in [-0.1, -0.05) is 24.3 Å². The Bertz CT molecular complexity index is 506. The van der Waals surface area contributed by atoms with Crippen molar-refractivity contribution in [3.63, 3.8) is 0 Å². The fourth-order valence-electron chi connectivity index (χ4n) is 1.68. The molecule has 0 saturated heterocycles. The summed E-state index contributed by atoms with van der Waals surface area (Å²) in [6.45, 7) is 7.47. The zero-order valence-corrected chi connectivity index (χ0v) is 13.4. The maximum atomic E-state index is 13.0. The van der Waals surface area contributed by atoms with E-state index in [0.29, 0.717) is 6.42 Å². The highest BCUT2D eigenvalue weighted by Gasteiger charge is 2.22. The maximum absolute atomic E-state index is 13.0. The van der Waals surface area contributed by atoms with Crippen LogP contribution in [0.4, 0.5) is 9.18 Å². The quantitative estimate of drug-likeness (QED) is 0.819. The first-order valence-electron chi connectivity index (χ1n) is 7.07. The summed E-state index contributed by atoms with van der Waals surface area (Å²) < 4.78 is 18.4. The van der Waals surface area contributed by atoms with Gasteiger partial charge in [-0.2, -0.15) is 0 Å². The summed E-state index contributed by atoms with van der Waals surface area (Å²) in [7, 11) is 1.72. The molecule has 0 radical (unpaired) electrons. The Kier molecular flexibility index (Phi) is 5.94. The fraction of sp³-hybridized carbons (Fsp3) is 0.471. The molecule has 0 aromatic heterocycles. The molecule has 0 N–H and O–H groups in total. The molecule has 0 saturated carbocycles. The minimum absolute atomic E-state index is 0.00431. The molecular formula is C17H24FNO2. The van der Waals surface area contributed by atoms with Gasteiger partial charge in [0.15, 0.2) is 0 Å². The topological polar surface area (TPSA) is 29.5 Å². The summed E-state index contributed by atoms with van der Waals surface area (Å²) in [5.74, 6) is -0.254. The molecular weight excluding hydrogens is 269 g/mol. The Morgan fingerprint density at radius 3 is 2.67 bits per heavy atom. The van der Waals surface area contributed by atoms with Gasteiger partial charge in [-0.3, -0.25) is 0 Å². The van der Waals surface area contributed by atoms with Crippen molar-refractivity contribution < 1.29 is 13.9 Å². The highest BCUT2D eigenvalue weighted by molar-refractivity contribution is 5.68. The van der Waals surface area contributed by atoms with Gasteiger partial charge in [0.25, 0.3) is 0 Å². The number of halogens is 1. The molecule has 1 unspecified atom stereocenters. The molecule has 0 aliphatic heterocycles. The Hall–Kier alpha value is -1.84. The third-order valence-electron chi connectivity index (χ3n) is 2.98. The Morgan fingerprint density at radius 2 is 2.10 bits per heavy atom. The summed E-state index contributed by atoms with van der Waals surface area (Å²) in [6.07, 6.45) is 4.11. The molecule has 0 spiro atoms. The van der Waals surface area contributed by atoms with E-state index in [1.165, 1.54) is 12.1 Å². The van der Waals surface area contributed by atoms with Crippen LogP contribution in [0, 0.1) is 5.82 Å². The third kappa shape index (κ3) is 6.43. The lowest BCUT2D eigenvalue weighted by molar-refractivity contribution is 0.0238. The molecule has 0 aliphatic carbocycles. The molecule has 1 atom stereocenters. The largest absolute Gasteiger partial charge is 0.444 e. The van der Waals surface area contributed by atoms with Crippen molar-refractivity contribution >= 4 is 12.2 Å². The van der Waals surface area contributed by atoms with Gasteiger partial charge >= 0.3 is 6.09 Å². The van der Waals surface area contributed by atoms with Gasteiger partial charge in [0.05, 0.1) is 0 Å². The second-order valence-corrected chi connectivity index (χ2v) is 6.13. The average Bonchev–Trinajstić information content (AvgIpc) is 2.35. The van der Waals surface area contributed by atoms with E-state index in [-0.39, 0.29) is 18.0 Å². The molecule has 0 aliphatic rings. The average molecular weight is 293 g/mol. The second kappa shape index (κ2) is 7.25. The number of benzene rings is 1. The van der Waals surface area contributed by atoms with Crippen LogP contribution in [0.5, 0.6) is 0 Å². The number of carbonyl (C=O) groups excluding carboxylic acids is 1. The van der Waals surface area contributed by atoms with Crippen molar-refractivity contribution in [1.82, 2.24) is 4.90 Å². The van der Waals surface area contributed by atoms with Crippen molar-refractivity contribution in [3.8, 4) is 0 Å². The standard InChI is InChI=1S/C17H24FNO2/c1-13(19(5)16(20)21-17(2,3)4)8-6-9-14-10-7-11-15(18)12-14/h6-7,9-13H,8H2,1-5H3. The van der Waals surface area contributed by atoms with Crippen LogP contribution in [-0.2, 0) is 4.74 Å². The predicted octanol–water partition coefficient (Wildman–Crippen LogP) is 4.48. The zero-order valence-electron chi connectivity index (χ0n) is 13.4. The number of ether oxygens (including phenoxy) is 1. The summed E-state index contributed by atoms with van der Waals surface area (Å²) in [5.41, 5.74) is 0.310. The number of amides is 1. The van der Waals surface area contributed by atoms with Crippen LogP contribution in [0.2, 0.25) is 0 Å². The lowest BCUT2D eigenvalue weighted by atomic mass is 10.1. The van der Waals surface area contributed by atoms with Crippen LogP contribution in [0.3, 0.4) is 0 Å². The van der Waals surface area contributed by atoms with Crippen molar-refractivity contribution in [1.29, 1.82) is 0 Å². The van der Waals surface area contributed by atoms with Gasteiger partial charge in [-0.25, -0.2) is 9.18 Å². The molecule has 0 heterocycles. The summed E-state index contributed by atoms with van der Waals surface area (Å²) >= 11 is 0. The lowest BCUT2D eigenvalue weighted by Crippen LogP contribution is -2.39. The predicted molar refractivity (Wildman–Crippen MR) is 83.5 cm³/mol. The van der Waals surface area contributed by atoms with Crippen molar-refractivity contribution in [2.75, 3.05) is 7.05 Å². The van der Waals surface area contributed by atoms with E-state index in [9.17, 15) is 9.18 Å². The maximum Gasteiger partial charge on any atom is 0.410 e. The number of rotatable bonds is 4. The Balaban J connectivity index is 2.53. The normalized spacial score (nSPS) is 13.2. The lowest BCUT2D eigenvalue weighted by Gasteiger charge is -2.28. The van der Waals surface area contributed by atoms with Crippen molar-refractivity contribution in [3.05, 3.63) is 41.7 Å². The molecule has 21 heavy (non-hydrogen) atoms. The Morgan fingerprint density at radius 1 is 1.43 bits per heavy atom. The van der Waals surface area contributed by atoms with E-state index < -0.39 is 5.60 Å². The molecule has 1 rings (SSSR count). The van der Waals surface area contributed by atoms with Gasteiger partial charge in [0.1, 0.15) is 11.4 Å². The molecule has 1 aromatic carbocycles. The smallest absolute Gasteiger partial charge is 0.410 e. The molecule has 0 fully saturated rings. The van der Waals surface area contributed by atoms with Crippen LogP contribution < -0.4 is 0 Å². The van der Waals surface area contributed by atoms with Crippen molar-refractivity contribution in [2.45, 2.75) is 45.8 Å². The van der Waals surface area contributed by atoms with Crippen LogP contribution in [0.15, 0.2) is 30.3 Å². The summed E-state index contributed by atoms with van der Waals surface area (Å²) in [4.78, 5) is 13.5. The van der Waals surface area contributed by atoms with Crippen molar-refractivity contribution in [2.24, 2.45) is 0 Å². The van der Waals surface area contributed by atoms with E-state index in [1.54, 1.807) is 18.0 Å². The number of carbonyl (C=O) groups is 1. The van der Waals surface area contributed by atoms with E-state index in [2.05, 4.69) is 0 Å². The second-order valence-electron chi connectivity index (χ2n) is 6.13. The van der Waals surface area contributed by atoms with Crippen LogP contribution in [-0.4, -0.2) is 29.7 Å². The number of hydrogen-bond donors (Lipinski definition) is 0. The molecule has 4 heteroatoms. The first-order valence-corrected chi connectivity index (χ1v) is 7.07. The monoisotopic (exact) mass is 293 g/mol. The van der Waals surface area contributed by atoms with Gasteiger partial charge in [0.2, 0.25) is 0 Å². The fourth-order valence-corrected chi connectivity index (χ4v) is 1.68. The number of hydrogen-bond acceptors (Lipinski definition) is 2. The van der Waals surface area contributed by atoms with Gasteiger partial charge in [0, 0.05) is 13.1 Å². The molecule has 1 amide bonds. The summed E-state index contributed by atoms with van der Waals surface area (Å²) in [5, 5.41) is 0. The van der Waals surface area contributed by atoms with E-state index in [0.717, 1.165) is 5.56 Å². The zero-order chi connectivity index (χ0) is 16.0. The number of nitrogens with zero attached hydrogens (tertiary/aromatic N) is 1. The van der Waals surface area contributed by atoms with Gasteiger partial charge in [-0.05, 0) is 51.8 Å². The van der Waals surface area contributed by atoms with Gasteiger partial charge in [-0.15, -0.1) is 0 Å². The third-order valence-corrected chi connectivity index (χ3v) is 2.98. The highest BCUT2D eigenvalue weighted by atomic mass is 19.1. The van der Waals surface area contributed by atoms with E-state index in [1.807, 2.05) is 45.9 Å². The highest BCUT2D eigenvalue weighted by Crippen LogP contribution is 2.13. The SMILES string of the molecule is CC(CC=Cc1cccc(F)c1)N(C)C(=O)OC(C)(C)C. The molecule has 1 aromatic rings. The van der Waals surface area contributed by atoms with E-state index >= 15 is 0 Å². The van der Waals surface area contributed by atoms with Crippen LogP contribution in [0.1, 0.15) is 39.7 Å². The minimum Gasteiger partial charge on any atom is -0.444 e. The van der Waals surface area contributed by atoms with E-state index in [4.69, 9.17) is 4.74 Å².